The minimum absolute atomic E-state index is 0.0115. The Bertz CT molecular complexity index is 803. The van der Waals surface area contributed by atoms with E-state index in [4.69, 9.17) is 4.74 Å². The van der Waals surface area contributed by atoms with Gasteiger partial charge in [-0.3, -0.25) is 4.79 Å². The van der Waals surface area contributed by atoms with Gasteiger partial charge < -0.3 is 14.9 Å². The summed E-state index contributed by atoms with van der Waals surface area (Å²) in [5, 5.41) is 20.6. The van der Waals surface area contributed by atoms with Crippen LogP contribution in [0, 0.1) is 22.7 Å². The molecular weight excluding hydrogens is 412 g/mol. The van der Waals surface area contributed by atoms with Crippen molar-refractivity contribution in [3.05, 3.63) is 46.5 Å². The highest BCUT2D eigenvalue weighted by molar-refractivity contribution is 5.96. The quantitative estimate of drug-likeness (QED) is 0.314. The molecule has 188 valence electrons. The van der Waals surface area contributed by atoms with E-state index in [1.165, 1.54) is 23.8 Å². The summed E-state index contributed by atoms with van der Waals surface area (Å²) in [6.07, 6.45) is 10.6. The first-order valence-electron chi connectivity index (χ1n) is 12.2. The van der Waals surface area contributed by atoms with Gasteiger partial charge >= 0.3 is 0 Å². The van der Waals surface area contributed by atoms with E-state index in [2.05, 4.69) is 73.6 Å². The topological polar surface area (TPSA) is 66.8 Å². The second kappa shape index (κ2) is 12.1. The van der Waals surface area contributed by atoms with E-state index in [0.29, 0.717) is 6.42 Å². The minimum atomic E-state index is -0.972. The maximum absolute atomic E-state index is 12.3. The van der Waals surface area contributed by atoms with Crippen molar-refractivity contribution in [2.24, 2.45) is 22.7 Å². The Morgan fingerprint density at radius 3 is 1.91 bits per heavy atom. The number of aliphatic hydroxyl groups is 2. The van der Waals surface area contributed by atoms with E-state index in [-0.39, 0.29) is 28.3 Å². The van der Waals surface area contributed by atoms with Crippen LogP contribution in [-0.4, -0.2) is 29.2 Å². The molecule has 2 N–H and O–H groups in total. The van der Waals surface area contributed by atoms with Crippen LogP contribution in [0.4, 0.5) is 0 Å². The van der Waals surface area contributed by atoms with Crippen molar-refractivity contribution < 1.29 is 19.7 Å². The number of ether oxygens (including phenoxy) is 1. The van der Waals surface area contributed by atoms with Crippen LogP contribution in [0.25, 0.3) is 0 Å². The normalized spacial score (nSPS) is 23.1. The molecule has 0 aromatic rings. The molecule has 4 heteroatoms. The third-order valence-electron chi connectivity index (χ3n) is 6.74. The Hall–Kier alpha value is -1.81. The number of allylic oxidation sites excluding steroid dienone is 7. The second-order valence-electron chi connectivity index (χ2n) is 11.9. The van der Waals surface area contributed by atoms with Gasteiger partial charge in [0.2, 0.25) is 5.78 Å². The summed E-state index contributed by atoms with van der Waals surface area (Å²) in [7, 11) is 1.37. The Kier molecular flexibility index (Phi) is 10.7. The summed E-state index contributed by atoms with van der Waals surface area (Å²) in [5.74, 6) is -1.56. The molecule has 0 aromatic heterocycles. The number of carbonyl (C=O) groups is 1. The lowest BCUT2D eigenvalue weighted by atomic mass is 9.76. The van der Waals surface area contributed by atoms with Crippen molar-refractivity contribution in [1.29, 1.82) is 0 Å². The van der Waals surface area contributed by atoms with Crippen LogP contribution < -0.4 is 0 Å². The molecule has 0 amide bonds. The largest absolute Gasteiger partial charge is 0.502 e. The molecule has 33 heavy (non-hydrogen) atoms. The smallest absolute Gasteiger partial charge is 0.203 e. The number of Topliss-reactive ketones (excluding diaryl/α,β-unsaturated/α-hetero) is 1. The van der Waals surface area contributed by atoms with Gasteiger partial charge in [0.25, 0.3) is 0 Å². The molecule has 1 rings (SSSR count). The molecule has 1 aliphatic rings. The van der Waals surface area contributed by atoms with E-state index in [0.717, 1.165) is 25.7 Å². The molecule has 1 aliphatic carbocycles. The monoisotopic (exact) mass is 460 g/mol. The van der Waals surface area contributed by atoms with Crippen LogP contribution in [0.5, 0.6) is 0 Å². The van der Waals surface area contributed by atoms with Crippen molar-refractivity contribution in [2.45, 2.75) is 101 Å². The van der Waals surface area contributed by atoms with Gasteiger partial charge in [-0.2, -0.15) is 0 Å². The number of rotatable bonds is 11. The zero-order valence-corrected chi connectivity index (χ0v) is 22.7. The van der Waals surface area contributed by atoms with Gasteiger partial charge in [-0.25, -0.2) is 0 Å². The molecule has 0 saturated heterocycles. The molecule has 0 spiro atoms. The first kappa shape index (κ1) is 29.2. The third kappa shape index (κ3) is 9.16. The fourth-order valence-corrected chi connectivity index (χ4v) is 4.76. The number of aliphatic hydroxyl groups excluding tert-OH is 2. The lowest BCUT2D eigenvalue weighted by Crippen LogP contribution is -2.39. The number of hydrogen-bond acceptors (Lipinski definition) is 4. The molecule has 0 saturated carbocycles. The van der Waals surface area contributed by atoms with E-state index < -0.39 is 17.8 Å². The summed E-state index contributed by atoms with van der Waals surface area (Å²) >= 11 is 0. The molecular formula is C29H48O4. The Morgan fingerprint density at radius 2 is 1.42 bits per heavy atom. The molecule has 0 aromatic carbocycles. The average Bonchev–Trinajstić information content (AvgIpc) is 2.69. The van der Waals surface area contributed by atoms with Gasteiger partial charge in [-0.1, -0.05) is 69.6 Å². The van der Waals surface area contributed by atoms with E-state index in [1.807, 2.05) is 0 Å². The third-order valence-corrected chi connectivity index (χ3v) is 6.74. The summed E-state index contributed by atoms with van der Waals surface area (Å²) in [5.41, 5.74) is 4.44. The van der Waals surface area contributed by atoms with Crippen LogP contribution in [0.1, 0.15) is 94.4 Å². The standard InChI is InChI=1S/C29H48O4/c1-19(2)13-15-28(6,7)18-21(4)14-16-29(8,9)17-20(3)11-12-23-22(5)24(30)26(32)27(33-10)25(23)31/h11,13-14,22-23,25,31-32H,12,15-18H2,1-10H3/b20-11+,21-14+. The average molecular weight is 461 g/mol. The van der Waals surface area contributed by atoms with Crippen LogP contribution >= 0.6 is 0 Å². The van der Waals surface area contributed by atoms with E-state index >= 15 is 0 Å². The van der Waals surface area contributed by atoms with Crippen LogP contribution in [-0.2, 0) is 9.53 Å². The second-order valence-corrected chi connectivity index (χ2v) is 11.9. The summed E-state index contributed by atoms with van der Waals surface area (Å²) in [4.78, 5) is 12.3. The van der Waals surface area contributed by atoms with Crippen molar-refractivity contribution in [3.8, 4) is 0 Å². The zero-order valence-electron chi connectivity index (χ0n) is 22.7. The van der Waals surface area contributed by atoms with Crippen LogP contribution in [0.2, 0.25) is 0 Å². The molecule has 0 heterocycles. The van der Waals surface area contributed by atoms with Gasteiger partial charge in [-0.15, -0.1) is 0 Å². The van der Waals surface area contributed by atoms with Crippen molar-refractivity contribution in [3.63, 3.8) is 0 Å². The summed E-state index contributed by atoms with van der Waals surface area (Å²) in [6, 6.07) is 0. The van der Waals surface area contributed by atoms with Gasteiger partial charge in [0.15, 0.2) is 11.5 Å². The predicted octanol–water partition coefficient (Wildman–Crippen LogP) is 7.46. The van der Waals surface area contributed by atoms with Crippen molar-refractivity contribution >= 4 is 5.78 Å². The Labute approximate surface area is 202 Å². The van der Waals surface area contributed by atoms with E-state index in [9.17, 15) is 15.0 Å². The highest BCUT2D eigenvalue weighted by atomic mass is 16.5. The van der Waals surface area contributed by atoms with Crippen molar-refractivity contribution in [1.82, 2.24) is 0 Å². The molecule has 3 unspecified atom stereocenters. The fraction of sp³-hybridized carbons (Fsp3) is 0.690. The summed E-state index contributed by atoms with van der Waals surface area (Å²) in [6.45, 7) is 19.7. The SMILES string of the molecule is COC1=C(O)C(=O)C(C)C(C/C=C(\C)CC(C)(C)C/C=C(\C)CC(C)(C)CC=C(C)C)C1O. The Morgan fingerprint density at radius 1 is 0.939 bits per heavy atom. The molecule has 0 radical (unpaired) electrons. The Balaban J connectivity index is 2.76. The lowest BCUT2D eigenvalue weighted by molar-refractivity contribution is -0.127. The fourth-order valence-electron chi connectivity index (χ4n) is 4.76. The molecule has 3 atom stereocenters. The van der Waals surface area contributed by atoms with Crippen molar-refractivity contribution in [2.75, 3.05) is 7.11 Å². The minimum Gasteiger partial charge on any atom is -0.502 e. The van der Waals surface area contributed by atoms with Gasteiger partial charge in [-0.05, 0) is 70.6 Å². The summed E-state index contributed by atoms with van der Waals surface area (Å²) < 4.78 is 5.10. The molecule has 0 aliphatic heterocycles. The number of ketones is 1. The maximum atomic E-state index is 12.3. The lowest BCUT2D eigenvalue weighted by Gasteiger charge is -2.32. The maximum Gasteiger partial charge on any atom is 0.203 e. The molecule has 0 fully saturated rings. The molecule has 4 nitrogen and oxygen atoms in total. The van der Waals surface area contributed by atoms with Gasteiger partial charge in [0, 0.05) is 11.8 Å². The number of carbonyl (C=O) groups excluding carboxylic acids is 1. The predicted molar refractivity (Wildman–Crippen MR) is 138 cm³/mol. The highest BCUT2D eigenvalue weighted by Gasteiger charge is 2.41. The first-order chi connectivity index (χ1) is 15.1. The van der Waals surface area contributed by atoms with E-state index in [1.54, 1.807) is 6.92 Å². The number of methoxy groups -OCH3 is 1. The number of hydrogen-bond donors (Lipinski definition) is 2. The highest BCUT2D eigenvalue weighted by Crippen LogP contribution is 2.36. The zero-order chi connectivity index (χ0) is 25.6. The van der Waals surface area contributed by atoms with Gasteiger partial charge in [0.05, 0.1) is 7.11 Å². The van der Waals surface area contributed by atoms with Gasteiger partial charge in [0.1, 0.15) is 6.10 Å². The first-order valence-corrected chi connectivity index (χ1v) is 12.2. The molecule has 0 bridgehead atoms. The van der Waals surface area contributed by atoms with Crippen LogP contribution in [0.15, 0.2) is 46.5 Å². The van der Waals surface area contributed by atoms with Crippen LogP contribution in [0.3, 0.4) is 0 Å².